The van der Waals surface area contributed by atoms with Gasteiger partial charge in [-0.3, -0.25) is 5.10 Å². The first-order valence-electron chi connectivity index (χ1n) is 7.87. The molecule has 24 heavy (non-hydrogen) atoms. The Bertz CT molecular complexity index is 760. The first-order chi connectivity index (χ1) is 11.8. The fourth-order valence-electron chi connectivity index (χ4n) is 2.21. The van der Waals surface area contributed by atoms with Crippen molar-refractivity contribution in [1.82, 2.24) is 15.2 Å². The predicted octanol–water partition coefficient (Wildman–Crippen LogP) is 3.49. The summed E-state index contributed by atoms with van der Waals surface area (Å²) in [4.78, 5) is 4.50. The molecule has 3 rings (SSSR count). The molecule has 0 amide bonds. The van der Waals surface area contributed by atoms with Crippen molar-refractivity contribution in [2.75, 3.05) is 12.4 Å². The summed E-state index contributed by atoms with van der Waals surface area (Å²) in [6.07, 6.45) is 0.923. The molecule has 0 aliphatic heterocycles. The largest absolute Gasteiger partial charge is 0.494 e. The zero-order valence-electron chi connectivity index (χ0n) is 13.3. The second-order valence-electron chi connectivity index (χ2n) is 5.23. The molecule has 0 atom stereocenters. The van der Waals surface area contributed by atoms with Crippen molar-refractivity contribution < 1.29 is 4.74 Å². The average Bonchev–Trinajstić information content (AvgIpc) is 3.11. The van der Waals surface area contributed by atoms with Crippen LogP contribution in [0.3, 0.4) is 0 Å². The van der Waals surface area contributed by atoms with E-state index in [2.05, 4.69) is 15.2 Å². The Kier molecular flexibility index (Phi) is 5.87. The molecular formula is C18H20N4OS. The van der Waals surface area contributed by atoms with Crippen LogP contribution in [0.4, 0.5) is 0 Å². The highest BCUT2D eigenvalue weighted by Crippen LogP contribution is 2.19. The van der Waals surface area contributed by atoms with E-state index in [0.29, 0.717) is 13.2 Å². The molecule has 0 spiro atoms. The van der Waals surface area contributed by atoms with Gasteiger partial charge in [0.1, 0.15) is 5.75 Å². The summed E-state index contributed by atoms with van der Waals surface area (Å²) >= 11 is 1.63. The van der Waals surface area contributed by atoms with Crippen molar-refractivity contribution in [3.8, 4) is 17.1 Å². The smallest absolute Gasteiger partial charge is 0.208 e. The van der Waals surface area contributed by atoms with Gasteiger partial charge in [-0.05, 0) is 24.1 Å². The van der Waals surface area contributed by atoms with Crippen LogP contribution in [0.1, 0.15) is 12.0 Å². The Hall–Kier alpha value is -2.31. The minimum atomic E-state index is 0.529. The normalized spacial score (nSPS) is 10.7. The molecule has 0 saturated heterocycles. The molecule has 2 aromatic carbocycles. The molecule has 0 unspecified atom stereocenters. The van der Waals surface area contributed by atoms with Crippen molar-refractivity contribution in [1.29, 1.82) is 0 Å². The van der Waals surface area contributed by atoms with Crippen LogP contribution in [0, 0.1) is 0 Å². The summed E-state index contributed by atoms with van der Waals surface area (Å²) in [6, 6.07) is 17.9. The summed E-state index contributed by atoms with van der Waals surface area (Å²) in [7, 11) is 0. The molecule has 0 fully saturated rings. The van der Waals surface area contributed by atoms with Gasteiger partial charge in [0.2, 0.25) is 5.16 Å². The number of benzene rings is 2. The average molecular weight is 340 g/mol. The van der Waals surface area contributed by atoms with E-state index in [4.69, 9.17) is 10.5 Å². The zero-order valence-corrected chi connectivity index (χ0v) is 14.1. The van der Waals surface area contributed by atoms with Crippen molar-refractivity contribution >= 4 is 11.8 Å². The number of nitrogens with two attached hydrogens (primary N) is 1. The topological polar surface area (TPSA) is 76.8 Å². The molecule has 124 valence electrons. The number of H-pyrrole nitrogens is 1. The fourth-order valence-corrected chi connectivity index (χ4v) is 2.92. The highest BCUT2D eigenvalue weighted by molar-refractivity contribution is 7.99. The maximum absolute atomic E-state index is 5.74. The quantitative estimate of drug-likeness (QED) is 0.485. The van der Waals surface area contributed by atoms with E-state index < -0.39 is 0 Å². The molecule has 3 N–H and O–H groups in total. The Labute approximate surface area is 145 Å². The lowest BCUT2D eigenvalue weighted by atomic mass is 10.2. The number of rotatable bonds is 8. The standard InChI is InChI=1S/C18H20N4OS/c19-13-14-6-4-9-16(12-14)23-10-5-11-24-18-20-17(21-22-18)15-7-2-1-3-8-15/h1-4,6-9,12H,5,10-11,13,19H2,(H,20,21,22). The third-order valence-corrected chi connectivity index (χ3v) is 4.37. The number of hydrogen-bond donors (Lipinski definition) is 2. The van der Waals surface area contributed by atoms with E-state index in [0.717, 1.165) is 40.0 Å². The van der Waals surface area contributed by atoms with Crippen LogP contribution in [0.15, 0.2) is 59.8 Å². The van der Waals surface area contributed by atoms with Gasteiger partial charge in [-0.15, -0.1) is 5.10 Å². The van der Waals surface area contributed by atoms with E-state index in [1.165, 1.54) is 0 Å². The Morgan fingerprint density at radius 3 is 2.79 bits per heavy atom. The fraction of sp³-hybridized carbons (Fsp3) is 0.222. The summed E-state index contributed by atoms with van der Waals surface area (Å²) in [5.41, 5.74) is 7.75. The molecule has 0 radical (unpaired) electrons. The van der Waals surface area contributed by atoms with E-state index in [1.54, 1.807) is 11.8 Å². The van der Waals surface area contributed by atoms with Crippen LogP contribution >= 0.6 is 11.8 Å². The van der Waals surface area contributed by atoms with Crippen LogP contribution in [-0.4, -0.2) is 27.5 Å². The SMILES string of the molecule is NCc1cccc(OCCCSc2n[nH]c(-c3ccccc3)n2)c1. The van der Waals surface area contributed by atoms with Crippen molar-refractivity contribution in [3.63, 3.8) is 0 Å². The molecule has 1 aromatic heterocycles. The van der Waals surface area contributed by atoms with Gasteiger partial charge >= 0.3 is 0 Å². The summed E-state index contributed by atoms with van der Waals surface area (Å²) in [6.45, 7) is 1.19. The maximum Gasteiger partial charge on any atom is 0.208 e. The van der Waals surface area contributed by atoms with Crippen LogP contribution in [-0.2, 0) is 6.54 Å². The van der Waals surface area contributed by atoms with Gasteiger partial charge in [-0.2, -0.15) is 0 Å². The van der Waals surface area contributed by atoms with Crippen LogP contribution < -0.4 is 10.5 Å². The monoisotopic (exact) mass is 340 g/mol. The summed E-state index contributed by atoms with van der Waals surface area (Å²) in [5.74, 6) is 2.57. The number of nitrogens with zero attached hydrogens (tertiary/aromatic N) is 2. The highest BCUT2D eigenvalue weighted by atomic mass is 32.2. The molecule has 0 aliphatic carbocycles. The van der Waals surface area contributed by atoms with Crippen molar-refractivity contribution in [2.24, 2.45) is 5.73 Å². The van der Waals surface area contributed by atoms with Crippen molar-refractivity contribution in [2.45, 2.75) is 18.1 Å². The highest BCUT2D eigenvalue weighted by Gasteiger charge is 2.05. The number of ether oxygens (including phenoxy) is 1. The maximum atomic E-state index is 5.74. The van der Waals surface area contributed by atoms with E-state index in [1.807, 2.05) is 54.6 Å². The first kappa shape index (κ1) is 16.5. The molecule has 5 nitrogen and oxygen atoms in total. The number of aromatic nitrogens is 3. The Balaban J connectivity index is 1.41. The lowest BCUT2D eigenvalue weighted by Crippen LogP contribution is -2.01. The Morgan fingerprint density at radius 2 is 1.96 bits per heavy atom. The lowest BCUT2D eigenvalue weighted by Gasteiger charge is -2.06. The molecule has 0 bridgehead atoms. The number of thioether (sulfide) groups is 1. The van der Waals surface area contributed by atoms with Crippen molar-refractivity contribution in [3.05, 3.63) is 60.2 Å². The van der Waals surface area contributed by atoms with E-state index >= 15 is 0 Å². The second kappa shape index (κ2) is 8.52. The number of hydrogen-bond acceptors (Lipinski definition) is 5. The molecule has 3 aromatic rings. The zero-order chi connectivity index (χ0) is 16.6. The minimum absolute atomic E-state index is 0.529. The predicted molar refractivity (Wildman–Crippen MR) is 97.0 cm³/mol. The van der Waals surface area contributed by atoms with Gasteiger partial charge in [0, 0.05) is 17.9 Å². The Morgan fingerprint density at radius 1 is 1.08 bits per heavy atom. The van der Waals surface area contributed by atoms with Gasteiger partial charge in [0.05, 0.1) is 6.61 Å². The minimum Gasteiger partial charge on any atom is -0.494 e. The third-order valence-electron chi connectivity index (χ3n) is 3.43. The summed E-state index contributed by atoms with van der Waals surface area (Å²) < 4.78 is 5.74. The van der Waals surface area contributed by atoms with E-state index in [-0.39, 0.29) is 0 Å². The lowest BCUT2D eigenvalue weighted by molar-refractivity contribution is 0.318. The van der Waals surface area contributed by atoms with Crippen LogP contribution in [0.25, 0.3) is 11.4 Å². The molecule has 6 heteroatoms. The summed E-state index contributed by atoms with van der Waals surface area (Å²) in [5, 5.41) is 7.98. The van der Waals surface area contributed by atoms with Gasteiger partial charge in [-0.25, -0.2) is 4.98 Å². The number of nitrogens with one attached hydrogen (secondary N) is 1. The molecule has 1 heterocycles. The van der Waals surface area contributed by atoms with Crippen LogP contribution in [0.5, 0.6) is 5.75 Å². The first-order valence-corrected chi connectivity index (χ1v) is 8.86. The molecule has 0 saturated carbocycles. The van der Waals surface area contributed by atoms with Gasteiger partial charge < -0.3 is 10.5 Å². The molecular weight excluding hydrogens is 320 g/mol. The third kappa shape index (κ3) is 4.59. The second-order valence-corrected chi connectivity index (χ2v) is 6.30. The van der Waals surface area contributed by atoms with Gasteiger partial charge in [0.15, 0.2) is 5.82 Å². The van der Waals surface area contributed by atoms with Gasteiger partial charge in [0.25, 0.3) is 0 Å². The van der Waals surface area contributed by atoms with E-state index in [9.17, 15) is 0 Å². The molecule has 0 aliphatic rings. The van der Waals surface area contributed by atoms with Crippen LogP contribution in [0.2, 0.25) is 0 Å². The van der Waals surface area contributed by atoms with Gasteiger partial charge in [-0.1, -0.05) is 54.2 Å². The number of aromatic amines is 1.